The summed E-state index contributed by atoms with van der Waals surface area (Å²) in [7, 11) is 0. The topological polar surface area (TPSA) is 26.8 Å². The van der Waals surface area contributed by atoms with Crippen molar-refractivity contribution in [2.45, 2.75) is 45.1 Å². The van der Waals surface area contributed by atoms with E-state index < -0.39 is 11.6 Å². The molecule has 3 fully saturated rings. The summed E-state index contributed by atoms with van der Waals surface area (Å²) in [6.07, 6.45) is 6.98. The molecule has 1 atom stereocenters. The molecule has 0 saturated carbocycles. The van der Waals surface area contributed by atoms with Crippen LogP contribution >= 0.6 is 0 Å². The number of piperidine rings is 2. The predicted octanol–water partition coefficient (Wildman–Crippen LogP) is 3.27. The van der Waals surface area contributed by atoms with E-state index in [1.54, 1.807) is 6.07 Å². The number of carbonyl (C=O) groups excluding carboxylic acids is 1. The third-order valence-corrected chi connectivity index (χ3v) is 6.73. The maximum Gasteiger partial charge on any atom is 0.236 e. The van der Waals surface area contributed by atoms with E-state index in [0.717, 1.165) is 64.1 Å². The van der Waals surface area contributed by atoms with Gasteiger partial charge in [0.05, 0.1) is 6.54 Å². The second kappa shape index (κ2) is 8.46. The Morgan fingerprint density at radius 1 is 0.893 bits per heavy atom. The molecule has 3 saturated heterocycles. The van der Waals surface area contributed by atoms with E-state index in [1.165, 1.54) is 31.4 Å². The molecule has 1 aromatic carbocycles. The van der Waals surface area contributed by atoms with Crippen molar-refractivity contribution in [1.29, 1.82) is 0 Å². The number of nitrogens with zero attached hydrogens (tertiary/aromatic N) is 3. The van der Waals surface area contributed by atoms with Crippen molar-refractivity contribution in [3.05, 3.63) is 35.4 Å². The lowest BCUT2D eigenvalue weighted by Crippen LogP contribution is -2.46. The van der Waals surface area contributed by atoms with Crippen LogP contribution in [0.1, 0.15) is 44.1 Å². The second-order valence-corrected chi connectivity index (χ2v) is 8.96. The van der Waals surface area contributed by atoms with Crippen molar-refractivity contribution in [3.8, 4) is 0 Å². The fourth-order valence-electron chi connectivity index (χ4n) is 5.23. The lowest BCUT2D eigenvalue weighted by atomic mass is 9.79. The zero-order chi connectivity index (χ0) is 19.6. The van der Waals surface area contributed by atoms with Crippen molar-refractivity contribution < 1.29 is 13.6 Å². The normalized spacial score (nSPS) is 26.9. The van der Waals surface area contributed by atoms with Gasteiger partial charge in [-0.25, -0.2) is 8.78 Å². The van der Waals surface area contributed by atoms with Crippen LogP contribution in [0, 0.1) is 17.0 Å². The minimum atomic E-state index is -0.794. The first kappa shape index (κ1) is 19.8. The summed E-state index contributed by atoms with van der Waals surface area (Å²) in [5, 5.41) is 0. The van der Waals surface area contributed by atoms with Crippen molar-refractivity contribution in [2.75, 3.05) is 45.8 Å². The van der Waals surface area contributed by atoms with Crippen molar-refractivity contribution >= 4 is 5.91 Å². The number of likely N-dealkylation sites (tertiary alicyclic amines) is 3. The highest BCUT2D eigenvalue weighted by atomic mass is 19.2. The van der Waals surface area contributed by atoms with E-state index in [1.807, 2.05) is 0 Å². The summed E-state index contributed by atoms with van der Waals surface area (Å²) < 4.78 is 26.7. The Labute approximate surface area is 166 Å². The first-order valence-electron chi connectivity index (χ1n) is 10.7. The average molecular weight is 392 g/mol. The molecule has 1 spiro atoms. The Kier molecular flexibility index (Phi) is 5.97. The third kappa shape index (κ3) is 4.54. The smallest absolute Gasteiger partial charge is 0.236 e. The Hall–Kier alpha value is -1.53. The van der Waals surface area contributed by atoms with Crippen LogP contribution in [0.5, 0.6) is 0 Å². The van der Waals surface area contributed by atoms with Crippen LogP contribution < -0.4 is 0 Å². The highest BCUT2D eigenvalue weighted by Crippen LogP contribution is 2.39. The first-order valence-corrected chi connectivity index (χ1v) is 10.7. The van der Waals surface area contributed by atoms with Gasteiger partial charge in [0.15, 0.2) is 11.6 Å². The van der Waals surface area contributed by atoms with Crippen molar-refractivity contribution in [2.24, 2.45) is 5.41 Å². The number of amides is 1. The van der Waals surface area contributed by atoms with Crippen LogP contribution in [0.15, 0.2) is 18.2 Å². The van der Waals surface area contributed by atoms with Gasteiger partial charge in [0.2, 0.25) is 5.91 Å². The van der Waals surface area contributed by atoms with Crippen molar-refractivity contribution in [1.82, 2.24) is 14.7 Å². The summed E-state index contributed by atoms with van der Waals surface area (Å²) in [5.41, 5.74) is 0.973. The predicted molar refractivity (Wildman–Crippen MR) is 105 cm³/mol. The maximum absolute atomic E-state index is 13.5. The van der Waals surface area contributed by atoms with E-state index in [9.17, 15) is 13.6 Å². The van der Waals surface area contributed by atoms with E-state index >= 15 is 0 Å². The Balaban J connectivity index is 1.33. The summed E-state index contributed by atoms with van der Waals surface area (Å²) in [5.74, 6) is -1.30. The molecule has 0 aliphatic carbocycles. The molecule has 6 heteroatoms. The zero-order valence-electron chi connectivity index (χ0n) is 16.6. The SMILES string of the molecule is O=C(CN1CCCCC1)N1CC[C@@]2(CCCN(Cc3ccc(F)c(F)c3)C2)C1. The van der Waals surface area contributed by atoms with Gasteiger partial charge in [-0.2, -0.15) is 0 Å². The molecular weight excluding hydrogens is 360 g/mol. The van der Waals surface area contributed by atoms with E-state index in [-0.39, 0.29) is 11.3 Å². The molecule has 0 radical (unpaired) electrons. The highest BCUT2D eigenvalue weighted by Gasteiger charge is 2.42. The van der Waals surface area contributed by atoms with Gasteiger partial charge >= 0.3 is 0 Å². The molecule has 3 aliphatic rings. The van der Waals surface area contributed by atoms with Crippen LogP contribution in [-0.4, -0.2) is 66.4 Å². The molecule has 1 aromatic rings. The van der Waals surface area contributed by atoms with Gasteiger partial charge in [0, 0.05) is 31.6 Å². The standard InChI is InChI=1S/C22H31F2N3O/c23-19-6-5-18(13-20(19)24)14-26-11-4-7-22(16-26)8-12-27(17-22)21(28)15-25-9-2-1-3-10-25/h5-6,13H,1-4,7-12,14-17H2/t22-/m1/s1. The fraction of sp³-hybridized carbons (Fsp3) is 0.682. The van der Waals surface area contributed by atoms with Crippen LogP contribution in [0.2, 0.25) is 0 Å². The quantitative estimate of drug-likeness (QED) is 0.788. The maximum atomic E-state index is 13.5. The molecule has 28 heavy (non-hydrogen) atoms. The number of rotatable bonds is 4. The Morgan fingerprint density at radius 2 is 1.68 bits per heavy atom. The average Bonchev–Trinajstić information content (AvgIpc) is 3.09. The van der Waals surface area contributed by atoms with Gasteiger partial charge in [-0.1, -0.05) is 12.5 Å². The molecule has 0 unspecified atom stereocenters. The molecule has 4 rings (SSSR count). The van der Waals surface area contributed by atoms with Crippen LogP contribution in [-0.2, 0) is 11.3 Å². The number of halogens is 2. The first-order chi connectivity index (χ1) is 13.5. The summed E-state index contributed by atoms with van der Waals surface area (Å²) in [6, 6.07) is 4.18. The molecule has 3 aliphatic heterocycles. The number of benzene rings is 1. The van der Waals surface area contributed by atoms with Crippen LogP contribution in [0.3, 0.4) is 0 Å². The Morgan fingerprint density at radius 3 is 2.46 bits per heavy atom. The number of hydrogen-bond acceptors (Lipinski definition) is 3. The molecular formula is C22H31F2N3O. The largest absolute Gasteiger partial charge is 0.341 e. The van der Waals surface area contributed by atoms with Gasteiger partial charge in [0.25, 0.3) is 0 Å². The van der Waals surface area contributed by atoms with E-state index in [2.05, 4.69) is 14.7 Å². The summed E-state index contributed by atoms with van der Waals surface area (Å²) in [6.45, 7) is 6.90. The monoisotopic (exact) mass is 391 g/mol. The van der Waals surface area contributed by atoms with Crippen molar-refractivity contribution in [3.63, 3.8) is 0 Å². The van der Waals surface area contributed by atoms with Gasteiger partial charge in [-0.15, -0.1) is 0 Å². The fourth-order valence-corrected chi connectivity index (χ4v) is 5.23. The molecule has 0 bridgehead atoms. The van der Waals surface area contributed by atoms with Gasteiger partial charge in [0.1, 0.15) is 0 Å². The highest BCUT2D eigenvalue weighted by molar-refractivity contribution is 5.78. The van der Waals surface area contributed by atoms with E-state index in [4.69, 9.17) is 0 Å². The van der Waals surface area contributed by atoms with Gasteiger partial charge in [-0.3, -0.25) is 14.6 Å². The number of carbonyl (C=O) groups is 1. The lowest BCUT2D eigenvalue weighted by molar-refractivity contribution is -0.132. The summed E-state index contributed by atoms with van der Waals surface area (Å²) >= 11 is 0. The molecule has 1 amide bonds. The molecule has 154 valence electrons. The van der Waals surface area contributed by atoms with Crippen LogP contribution in [0.4, 0.5) is 8.78 Å². The lowest BCUT2D eigenvalue weighted by Gasteiger charge is -2.40. The van der Waals surface area contributed by atoms with Gasteiger partial charge < -0.3 is 4.90 Å². The minimum absolute atomic E-state index is 0.161. The van der Waals surface area contributed by atoms with E-state index in [0.29, 0.717) is 13.1 Å². The van der Waals surface area contributed by atoms with Gasteiger partial charge in [-0.05, 0) is 69.4 Å². The zero-order valence-corrected chi connectivity index (χ0v) is 16.6. The van der Waals surface area contributed by atoms with Crippen LogP contribution in [0.25, 0.3) is 0 Å². The Bertz CT molecular complexity index is 707. The summed E-state index contributed by atoms with van der Waals surface area (Å²) in [4.78, 5) is 19.5. The molecule has 0 aromatic heterocycles. The minimum Gasteiger partial charge on any atom is -0.341 e. The number of hydrogen-bond donors (Lipinski definition) is 0. The molecule has 0 N–H and O–H groups in total. The molecule has 4 nitrogen and oxygen atoms in total. The second-order valence-electron chi connectivity index (χ2n) is 8.96. The third-order valence-electron chi connectivity index (χ3n) is 6.73. The molecule has 3 heterocycles.